The smallest absolute Gasteiger partial charge is 0.340 e. The van der Waals surface area contributed by atoms with Gasteiger partial charge in [-0.25, -0.2) is 9.79 Å². The first kappa shape index (κ1) is 13.3. The monoisotopic (exact) mass is 264 g/mol. The molecule has 102 valence electrons. The molecule has 2 rings (SSSR count). The number of amides is 1. The second-order valence-electron chi connectivity index (χ2n) is 4.59. The molecule has 2 aliphatic rings. The molecule has 0 spiro atoms. The summed E-state index contributed by atoms with van der Waals surface area (Å²) in [7, 11) is 0. The summed E-state index contributed by atoms with van der Waals surface area (Å²) in [6.07, 6.45) is 8.90. The summed E-state index contributed by atoms with van der Waals surface area (Å²) in [5, 5.41) is 0. The molecule has 1 aliphatic carbocycles. The van der Waals surface area contributed by atoms with E-state index in [0.717, 1.165) is 19.3 Å². The number of hydrogen-bond acceptors (Lipinski definition) is 5. The highest BCUT2D eigenvalue weighted by molar-refractivity contribution is 5.95. The highest BCUT2D eigenvalue weighted by atomic mass is 16.6. The summed E-state index contributed by atoms with van der Waals surface area (Å²) in [5.74, 6) is -1.20. The minimum absolute atomic E-state index is 0.222. The van der Waals surface area contributed by atoms with Crippen LogP contribution in [0.3, 0.4) is 0 Å². The zero-order valence-electron chi connectivity index (χ0n) is 10.5. The lowest BCUT2D eigenvalue weighted by molar-refractivity contribution is -0.167. The molecule has 1 amide bonds. The second kappa shape index (κ2) is 5.69. The average Bonchev–Trinajstić information content (AvgIpc) is 2.68. The molecule has 1 aliphatic heterocycles. The van der Waals surface area contributed by atoms with E-state index >= 15 is 0 Å². The van der Waals surface area contributed by atoms with E-state index in [-0.39, 0.29) is 5.57 Å². The number of carbonyl (C=O) groups excluding carboxylic acids is 2. The molecule has 0 aromatic rings. The zero-order valence-corrected chi connectivity index (χ0v) is 10.5. The molecular formula is C13H16N2O4. The van der Waals surface area contributed by atoms with Gasteiger partial charge in [-0.3, -0.25) is 4.79 Å². The SMILES string of the molecule is NC(=O)C1(OC(=O)C2=CN=COC=C2)CCCCC1. The van der Waals surface area contributed by atoms with Gasteiger partial charge in [0.25, 0.3) is 5.91 Å². The molecule has 1 fully saturated rings. The number of hydrogen-bond donors (Lipinski definition) is 1. The zero-order chi connectivity index (χ0) is 13.7. The fourth-order valence-electron chi connectivity index (χ4n) is 2.22. The maximum Gasteiger partial charge on any atom is 0.340 e. The number of nitrogens with two attached hydrogens (primary N) is 1. The van der Waals surface area contributed by atoms with Gasteiger partial charge >= 0.3 is 5.97 Å². The van der Waals surface area contributed by atoms with Crippen molar-refractivity contribution in [1.29, 1.82) is 0 Å². The van der Waals surface area contributed by atoms with Crippen molar-refractivity contribution >= 4 is 18.3 Å². The van der Waals surface area contributed by atoms with Crippen LogP contribution >= 0.6 is 0 Å². The largest absolute Gasteiger partial charge is 0.453 e. The van der Waals surface area contributed by atoms with Crippen LogP contribution in [0.15, 0.2) is 29.1 Å². The van der Waals surface area contributed by atoms with E-state index in [1.54, 1.807) is 0 Å². The van der Waals surface area contributed by atoms with Crippen molar-refractivity contribution in [2.75, 3.05) is 0 Å². The van der Waals surface area contributed by atoms with Crippen LogP contribution in [0.1, 0.15) is 32.1 Å². The molecule has 6 heteroatoms. The van der Waals surface area contributed by atoms with Gasteiger partial charge in [0.1, 0.15) is 0 Å². The van der Waals surface area contributed by atoms with Crippen molar-refractivity contribution in [3.05, 3.63) is 24.1 Å². The van der Waals surface area contributed by atoms with Crippen molar-refractivity contribution < 1.29 is 19.1 Å². The standard InChI is InChI=1S/C13H16N2O4/c14-12(17)13(5-2-1-3-6-13)19-11(16)10-4-7-18-9-15-8-10/h4,7-9H,1-3,5-6H2,(H2,14,17). The van der Waals surface area contributed by atoms with Crippen molar-refractivity contribution in [2.45, 2.75) is 37.7 Å². The van der Waals surface area contributed by atoms with E-state index in [1.165, 1.54) is 24.9 Å². The Morgan fingerprint density at radius 2 is 2.05 bits per heavy atom. The molecule has 19 heavy (non-hydrogen) atoms. The Balaban J connectivity index is 2.13. The number of rotatable bonds is 3. The van der Waals surface area contributed by atoms with Crippen LogP contribution in [0.2, 0.25) is 0 Å². The molecule has 0 aromatic heterocycles. The van der Waals surface area contributed by atoms with E-state index in [0.29, 0.717) is 12.8 Å². The molecule has 1 saturated carbocycles. The van der Waals surface area contributed by atoms with Crippen LogP contribution in [0, 0.1) is 0 Å². The molecule has 2 N–H and O–H groups in total. The first-order chi connectivity index (χ1) is 9.14. The van der Waals surface area contributed by atoms with Gasteiger partial charge in [0.15, 0.2) is 12.0 Å². The number of aliphatic imine (C=N–C) groups is 1. The molecular weight excluding hydrogens is 248 g/mol. The summed E-state index contributed by atoms with van der Waals surface area (Å²) in [4.78, 5) is 27.4. The van der Waals surface area contributed by atoms with Gasteiger partial charge in [-0.15, -0.1) is 0 Å². The van der Waals surface area contributed by atoms with Gasteiger partial charge < -0.3 is 15.2 Å². The van der Waals surface area contributed by atoms with E-state index in [4.69, 9.17) is 15.2 Å². The minimum Gasteiger partial charge on any atom is -0.453 e. The van der Waals surface area contributed by atoms with Crippen molar-refractivity contribution in [1.82, 2.24) is 0 Å². The number of carbonyl (C=O) groups is 2. The molecule has 1 heterocycles. The fraction of sp³-hybridized carbons (Fsp3) is 0.462. The van der Waals surface area contributed by atoms with Gasteiger partial charge in [0, 0.05) is 6.20 Å². The average molecular weight is 264 g/mol. The predicted octanol–water partition coefficient (Wildman–Crippen LogP) is 1.17. The summed E-state index contributed by atoms with van der Waals surface area (Å²) >= 11 is 0. The lowest BCUT2D eigenvalue weighted by Gasteiger charge is -2.33. The number of esters is 1. The van der Waals surface area contributed by atoms with E-state index < -0.39 is 17.5 Å². The molecule has 6 nitrogen and oxygen atoms in total. The minimum atomic E-state index is -1.18. The highest BCUT2D eigenvalue weighted by Gasteiger charge is 2.42. The van der Waals surface area contributed by atoms with Gasteiger partial charge in [-0.05, 0) is 31.8 Å². The molecule has 0 atom stereocenters. The van der Waals surface area contributed by atoms with Crippen LogP contribution in [0.4, 0.5) is 0 Å². The molecule has 0 radical (unpaired) electrons. The Morgan fingerprint density at radius 1 is 1.32 bits per heavy atom. The quantitative estimate of drug-likeness (QED) is 0.775. The lowest BCUT2D eigenvalue weighted by Crippen LogP contribution is -2.49. The maximum absolute atomic E-state index is 12.0. The molecule has 0 aromatic carbocycles. The normalized spacial score (nSPS) is 20.9. The van der Waals surface area contributed by atoms with Crippen LogP contribution in [-0.4, -0.2) is 23.9 Å². The number of nitrogens with zero attached hydrogens (tertiary/aromatic N) is 1. The predicted molar refractivity (Wildman–Crippen MR) is 67.9 cm³/mol. The molecule has 0 unspecified atom stereocenters. The fourth-order valence-corrected chi connectivity index (χ4v) is 2.22. The van der Waals surface area contributed by atoms with Crippen LogP contribution in [0.25, 0.3) is 0 Å². The summed E-state index contributed by atoms with van der Waals surface area (Å²) in [5.41, 5.74) is 4.45. The Kier molecular flexibility index (Phi) is 3.99. The second-order valence-corrected chi connectivity index (χ2v) is 4.59. The number of primary amides is 1. The van der Waals surface area contributed by atoms with Crippen molar-refractivity contribution in [3.8, 4) is 0 Å². The van der Waals surface area contributed by atoms with Crippen molar-refractivity contribution in [2.24, 2.45) is 10.7 Å². The topological polar surface area (TPSA) is 91.0 Å². The van der Waals surface area contributed by atoms with Crippen LogP contribution < -0.4 is 5.73 Å². The molecule has 0 saturated heterocycles. The van der Waals surface area contributed by atoms with Gasteiger partial charge in [-0.2, -0.15) is 0 Å². The summed E-state index contributed by atoms with van der Waals surface area (Å²) in [6.45, 7) is 0. The van der Waals surface area contributed by atoms with Gasteiger partial charge in [0.05, 0.1) is 11.8 Å². The highest BCUT2D eigenvalue weighted by Crippen LogP contribution is 2.32. The van der Waals surface area contributed by atoms with E-state index in [1.807, 2.05) is 0 Å². The van der Waals surface area contributed by atoms with Gasteiger partial charge in [0.2, 0.25) is 0 Å². The lowest BCUT2D eigenvalue weighted by atomic mass is 9.84. The Bertz CT molecular complexity index is 459. The maximum atomic E-state index is 12.0. The van der Waals surface area contributed by atoms with Crippen molar-refractivity contribution in [3.63, 3.8) is 0 Å². The van der Waals surface area contributed by atoms with Crippen LogP contribution in [-0.2, 0) is 19.1 Å². The Hall–Kier alpha value is -2.11. The number of ether oxygens (including phenoxy) is 2. The Morgan fingerprint density at radius 3 is 2.74 bits per heavy atom. The van der Waals surface area contributed by atoms with Crippen LogP contribution in [0.5, 0.6) is 0 Å². The third-order valence-corrected chi connectivity index (χ3v) is 3.30. The van der Waals surface area contributed by atoms with Gasteiger partial charge in [-0.1, -0.05) is 6.42 Å². The molecule has 0 bridgehead atoms. The first-order valence-electron chi connectivity index (χ1n) is 6.21. The van der Waals surface area contributed by atoms with E-state index in [2.05, 4.69) is 4.99 Å². The Labute approximate surface area is 111 Å². The summed E-state index contributed by atoms with van der Waals surface area (Å²) in [6, 6.07) is 0. The first-order valence-corrected chi connectivity index (χ1v) is 6.21. The third kappa shape index (κ3) is 3.01. The third-order valence-electron chi connectivity index (χ3n) is 3.30. The summed E-state index contributed by atoms with van der Waals surface area (Å²) < 4.78 is 10.2. The van der Waals surface area contributed by atoms with E-state index in [9.17, 15) is 9.59 Å².